The van der Waals surface area contributed by atoms with Gasteiger partial charge in [-0.15, -0.1) is 12.3 Å². The van der Waals surface area contributed by atoms with Gasteiger partial charge in [0.05, 0.1) is 6.10 Å². The Bertz CT molecular complexity index is 224. The maximum Gasteiger partial charge on any atom is 0.0828 e. The predicted molar refractivity (Wildman–Crippen MR) is 71.5 cm³/mol. The summed E-state index contributed by atoms with van der Waals surface area (Å²) in [6, 6.07) is 0. The molecular weight excluding hydrogens is 196 g/mol. The van der Waals surface area contributed by atoms with E-state index >= 15 is 0 Å². The van der Waals surface area contributed by atoms with Gasteiger partial charge < -0.3 is 5.11 Å². The minimum Gasteiger partial charge on any atom is -0.388 e. The first-order chi connectivity index (χ1) is 7.74. The fourth-order valence-electron chi connectivity index (χ4n) is 1.50. The van der Waals surface area contributed by atoms with Crippen LogP contribution in [0.15, 0.2) is 30.0 Å². The maximum atomic E-state index is 9.55. The monoisotopic (exact) mass is 222 g/mol. The predicted octanol–water partition coefficient (Wildman–Crippen LogP) is 4.39. The summed E-state index contributed by atoms with van der Waals surface area (Å²) in [6.45, 7) is 8.02. The van der Waals surface area contributed by atoms with Crippen molar-refractivity contribution in [3.05, 3.63) is 30.0 Å². The van der Waals surface area contributed by atoms with Crippen molar-refractivity contribution >= 4 is 0 Å². The van der Waals surface area contributed by atoms with Gasteiger partial charge in [0.1, 0.15) is 0 Å². The number of hydrogen-bond acceptors (Lipinski definition) is 1. The maximum absolute atomic E-state index is 9.55. The molecule has 1 atom stereocenters. The van der Waals surface area contributed by atoms with Crippen LogP contribution in [0.25, 0.3) is 0 Å². The van der Waals surface area contributed by atoms with Gasteiger partial charge in [-0.25, -0.2) is 0 Å². The van der Waals surface area contributed by atoms with Gasteiger partial charge in [0.2, 0.25) is 0 Å². The summed E-state index contributed by atoms with van der Waals surface area (Å²) in [5, 5.41) is 9.55. The molecule has 92 valence electrons. The van der Waals surface area contributed by atoms with Crippen LogP contribution < -0.4 is 0 Å². The number of aliphatic hydroxyl groups excluding tert-OH is 1. The van der Waals surface area contributed by atoms with Gasteiger partial charge >= 0.3 is 0 Å². The smallest absolute Gasteiger partial charge is 0.0828 e. The first kappa shape index (κ1) is 15.2. The Labute approximate surface area is 101 Å². The van der Waals surface area contributed by atoms with Gasteiger partial charge in [-0.3, -0.25) is 0 Å². The van der Waals surface area contributed by atoms with Crippen LogP contribution in [-0.2, 0) is 0 Å². The average molecular weight is 222 g/mol. The molecule has 0 saturated heterocycles. The summed E-state index contributed by atoms with van der Waals surface area (Å²) < 4.78 is 0. The van der Waals surface area contributed by atoms with Crippen LogP contribution in [0, 0.1) is 0 Å². The molecule has 0 rings (SSSR count). The lowest BCUT2D eigenvalue weighted by molar-refractivity contribution is 0.227. The molecule has 0 bridgehead atoms. The second-order valence-corrected chi connectivity index (χ2v) is 4.21. The quantitative estimate of drug-likeness (QED) is 0.453. The lowest BCUT2D eigenvalue weighted by atomic mass is 10.0. The zero-order valence-electron chi connectivity index (χ0n) is 10.8. The summed E-state index contributed by atoms with van der Waals surface area (Å²) in [7, 11) is 0. The van der Waals surface area contributed by atoms with Gasteiger partial charge in [-0.2, -0.15) is 0 Å². The average Bonchev–Trinajstić information content (AvgIpc) is 2.28. The lowest BCUT2D eigenvalue weighted by Crippen LogP contribution is -1.98. The minimum atomic E-state index is -0.421. The largest absolute Gasteiger partial charge is 0.388 e. The van der Waals surface area contributed by atoms with E-state index in [-0.39, 0.29) is 0 Å². The molecule has 1 heteroatoms. The van der Waals surface area contributed by atoms with E-state index in [0.29, 0.717) is 6.42 Å². The van der Waals surface area contributed by atoms with Crippen LogP contribution in [-0.4, -0.2) is 11.2 Å². The van der Waals surface area contributed by atoms with Crippen LogP contribution in [0.1, 0.15) is 58.8 Å². The van der Waals surface area contributed by atoms with E-state index in [1.807, 2.05) is 0 Å². The van der Waals surface area contributed by atoms with E-state index in [2.05, 4.69) is 26.2 Å². The van der Waals surface area contributed by atoms with Gasteiger partial charge in [0.25, 0.3) is 0 Å². The standard InChI is InChI=1S/C15H26O/c1-4-7-10-14(11-8-5-2)12-13-15(16)9-6-3/h6,13,15-16H,3-5,7-11H2,1-2H3. The first-order valence-corrected chi connectivity index (χ1v) is 6.48. The Balaban J connectivity index is 4.32. The molecule has 0 aromatic carbocycles. The molecule has 0 radical (unpaired) electrons. The van der Waals surface area contributed by atoms with E-state index < -0.39 is 6.10 Å². The lowest BCUT2D eigenvalue weighted by Gasteiger charge is -2.03. The SMILES string of the molecule is C=CCC(O)C=C=C(CCCC)CCCC. The Morgan fingerprint density at radius 3 is 2.25 bits per heavy atom. The molecule has 0 aliphatic rings. The highest BCUT2D eigenvalue weighted by Gasteiger charge is 1.97. The molecule has 1 unspecified atom stereocenters. The van der Waals surface area contributed by atoms with Gasteiger partial charge in [-0.05, 0) is 43.8 Å². The highest BCUT2D eigenvalue weighted by Crippen LogP contribution is 2.13. The van der Waals surface area contributed by atoms with E-state index in [0.717, 1.165) is 12.8 Å². The molecule has 0 aromatic heterocycles. The molecule has 1 nitrogen and oxygen atoms in total. The van der Waals surface area contributed by atoms with Crippen molar-refractivity contribution in [2.45, 2.75) is 64.9 Å². The molecule has 0 saturated carbocycles. The Hall–Kier alpha value is -0.780. The molecule has 0 heterocycles. The zero-order valence-corrected chi connectivity index (χ0v) is 10.8. The fourth-order valence-corrected chi connectivity index (χ4v) is 1.50. The molecule has 0 spiro atoms. The van der Waals surface area contributed by atoms with Crippen LogP contribution in [0.5, 0.6) is 0 Å². The molecule has 0 amide bonds. The van der Waals surface area contributed by atoms with Crippen LogP contribution in [0.4, 0.5) is 0 Å². The third-order valence-electron chi connectivity index (χ3n) is 2.55. The third-order valence-corrected chi connectivity index (χ3v) is 2.55. The second-order valence-electron chi connectivity index (χ2n) is 4.21. The van der Waals surface area contributed by atoms with Gasteiger partial charge in [-0.1, -0.05) is 32.8 Å². The Morgan fingerprint density at radius 2 is 1.81 bits per heavy atom. The van der Waals surface area contributed by atoms with Crippen LogP contribution in [0.2, 0.25) is 0 Å². The van der Waals surface area contributed by atoms with E-state index in [1.54, 1.807) is 12.2 Å². The van der Waals surface area contributed by atoms with Crippen molar-refractivity contribution < 1.29 is 5.11 Å². The first-order valence-electron chi connectivity index (χ1n) is 6.48. The molecule has 0 aromatic rings. The molecular formula is C15H26O. The minimum absolute atomic E-state index is 0.421. The van der Waals surface area contributed by atoms with E-state index in [4.69, 9.17) is 0 Å². The third kappa shape index (κ3) is 8.52. The number of unbranched alkanes of at least 4 members (excludes halogenated alkanes) is 2. The van der Waals surface area contributed by atoms with E-state index in [1.165, 1.54) is 31.3 Å². The number of rotatable bonds is 9. The van der Waals surface area contributed by atoms with Crippen LogP contribution in [0.3, 0.4) is 0 Å². The summed E-state index contributed by atoms with van der Waals surface area (Å²) in [6.07, 6.45) is 10.8. The van der Waals surface area contributed by atoms with E-state index in [9.17, 15) is 5.11 Å². The van der Waals surface area contributed by atoms with Crippen LogP contribution >= 0.6 is 0 Å². The fraction of sp³-hybridized carbons (Fsp3) is 0.667. The van der Waals surface area contributed by atoms with Gasteiger partial charge in [0.15, 0.2) is 0 Å². The van der Waals surface area contributed by atoms with Crippen molar-refractivity contribution in [3.8, 4) is 0 Å². The number of hydrogen-bond donors (Lipinski definition) is 1. The van der Waals surface area contributed by atoms with Crippen molar-refractivity contribution in [2.75, 3.05) is 0 Å². The molecule has 0 aliphatic carbocycles. The summed E-state index contributed by atoms with van der Waals surface area (Å²) in [5.41, 5.74) is 4.62. The topological polar surface area (TPSA) is 20.2 Å². The Morgan fingerprint density at radius 1 is 1.25 bits per heavy atom. The van der Waals surface area contributed by atoms with Crippen molar-refractivity contribution in [1.82, 2.24) is 0 Å². The Kier molecular flexibility index (Phi) is 10.2. The molecule has 16 heavy (non-hydrogen) atoms. The molecule has 0 aliphatic heterocycles. The molecule has 1 N–H and O–H groups in total. The number of aliphatic hydroxyl groups is 1. The van der Waals surface area contributed by atoms with Gasteiger partial charge in [0, 0.05) is 0 Å². The molecule has 0 fully saturated rings. The van der Waals surface area contributed by atoms with Crippen molar-refractivity contribution in [3.63, 3.8) is 0 Å². The highest BCUT2D eigenvalue weighted by molar-refractivity contribution is 5.04. The summed E-state index contributed by atoms with van der Waals surface area (Å²) in [5.74, 6) is 0. The second kappa shape index (κ2) is 10.7. The zero-order chi connectivity index (χ0) is 12.2. The van der Waals surface area contributed by atoms with Crippen molar-refractivity contribution in [1.29, 1.82) is 0 Å². The highest BCUT2D eigenvalue weighted by atomic mass is 16.3. The van der Waals surface area contributed by atoms with Crippen molar-refractivity contribution in [2.24, 2.45) is 0 Å². The summed E-state index contributed by atoms with van der Waals surface area (Å²) >= 11 is 0. The normalized spacial score (nSPS) is 11.7. The summed E-state index contributed by atoms with van der Waals surface area (Å²) in [4.78, 5) is 0.